The molecule has 0 amide bonds. The molecule has 2 nitrogen and oxygen atoms in total. The molecule has 0 saturated carbocycles. The largest absolute Gasteiger partial charge is 0.452 e. The zero-order chi connectivity index (χ0) is 41.5. The van der Waals surface area contributed by atoms with E-state index < -0.39 is 0 Å². The van der Waals surface area contributed by atoms with Gasteiger partial charge in [0.15, 0.2) is 11.5 Å². The third-order valence-corrected chi connectivity index (χ3v) is 15.0. The van der Waals surface area contributed by atoms with Crippen molar-refractivity contribution in [2.24, 2.45) is 0 Å². The Morgan fingerprint density at radius 3 is 1.47 bits per heavy atom. The van der Waals surface area contributed by atoms with Crippen LogP contribution in [0.4, 0.5) is 0 Å². The Labute approximate surface area is 362 Å². The molecule has 4 aliphatic carbocycles. The third-order valence-electron chi connectivity index (χ3n) is 15.0. The summed E-state index contributed by atoms with van der Waals surface area (Å²) in [5.41, 5.74) is 23.5. The molecule has 9 aromatic rings. The standard InChI is InChI=1S/C60H46O2/c1-59(2)51-31-37(35-13-7-5-8-14-35)21-25-43(51)45-27-23-39(33-53(45)59)41-17-11-19-47-49-29-30-50-48-20-12-18-42(56(48)62-58(50)57(49)61-55(41)47)40-24-28-46-44-26-22-38(36-15-9-6-10-16-36)32-52(44)60(3,4)54(46)34-40/h5-15,17-28,31-34,36H,16,29-30H2,1-4H3. The van der Waals surface area contributed by atoms with Gasteiger partial charge < -0.3 is 8.83 Å². The summed E-state index contributed by atoms with van der Waals surface area (Å²) in [6.07, 6.45) is 11.8. The molecule has 4 aliphatic rings. The van der Waals surface area contributed by atoms with Crippen LogP contribution in [-0.2, 0) is 23.7 Å². The van der Waals surface area contributed by atoms with E-state index >= 15 is 0 Å². The monoisotopic (exact) mass is 798 g/mol. The van der Waals surface area contributed by atoms with Gasteiger partial charge in [0, 0.05) is 49.8 Å². The van der Waals surface area contributed by atoms with E-state index in [-0.39, 0.29) is 10.8 Å². The highest BCUT2D eigenvalue weighted by Crippen LogP contribution is 2.54. The Morgan fingerprint density at radius 2 is 0.935 bits per heavy atom. The molecule has 0 fully saturated rings. The number of rotatable bonds is 4. The van der Waals surface area contributed by atoms with Gasteiger partial charge >= 0.3 is 0 Å². The van der Waals surface area contributed by atoms with E-state index in [0.717, 1.165) is 53.1 Å². The van der Waals surface area contributed by atoms with Gasteiger partial charge in [-0.1, -0.05) is 173 Å². The Bertz CT molecular complexity index is 3430. The normalized spacial score (nSPS) is 17.1. The van der Waals surface area contributed by atoms with Crippen LogP contribution in [0.2, 0.25) is 0 Å². The summed E-state index contributed by atoms with van der Waals surface area (Å²) < 4.78 is 14.1. The van der Waals surface area contributed by atoms with Crippen LogP contribution in [0.5, 0.6) is 0 Å². The van der Waals surface area contributed by atoms with E-state index in [2.05, 4.69) is 192 Å². The first-order valence-corrected chi connectivity index (χ1v) is 22.3. The number of hydrogen-bond donors (Lipinski definition) is 0. The van der Waals surface area contributed by atoms with Gasteiger partial charge in [-0.2, -0.15) is 0 Å². The van der Waals surface area contributed by atoms with E-state index in [1.807, 2.05) is 0 Å². The molecule has 2 heterocycles. The Kier molecular flexibility index (Phi) is 7.40. The average molecular weight is 799 g/mol. The van der Waals surface area contributed by atoms with Crippen molar-refractivity contribution >= 4 is 21.9 Å². The number of para-hydroxylation sites is 2. The molecule has 0 saturated heterocycles. The lowest BCUT2D eigenvalue weighted by Gasteiger charge is -2.23. The summed E-state index contributed by atoms with van der Waals surface area (Å²) in [5.74, 6) is 2.19. The molecule has 2 heteroatoms. The molecule has 1 atom stereocenters. The minimum atomic E-state index is -0.144. The molecule has 2 aromatic heterocycles. The van der Waals surface area contributed by atoms with Crippen LogP contribution in [-0.4, -0.2) is 0 Å². The molecule has 13 rings (SSSR count). The summed E-state index contributed by atoms with van der Waals surface area (Å²) >= 11 is 0. The summed E-state index contributed by atoms with van der Waals surface area (Å²) in [6.45, 7) is 9.50. The molecule has 1 unspecified atom stereocenters. The van der Waals surface area contributed by atoms with Crippen LogP contribution in [0, 0.1) is 0 Å². The second-order valence-corrected chi connectivity index (χ2v) is 19.0. The first kappa shape index (κ1) is 35.8. The van der Waals surface area contributed by atoms with E-state index in [1.165, 1.54) is 94.2 Å². The zero-order valence-corrected chi connectivity index (χ0v) is 35.6. The first-order chi connectivity index (χ1) is 30.2. The molecule has 0 aliphatic heterocycles. The zero-order valence-electron chi connectivity index (χ0n) is 35.6. The maximum Gasteiger partial charge on any atom is 0.174 e. The van der Waals surface area contributed by atoms with Crippen molar-refractivity contribution in [1.82, 2.24) is 0 Å². The second-order valence-electron chi connectivity index (χ2n) is 19.0. The lowest BCUT2D eigenvalue weighted by Crippen LogP contribution is -2.15. The third kappa shape index (κ3) is 4.98. The van der Waals surface area contributed by atoms with Crippen molar-refractivity contribution in [1.29, 1.82) is 0 Å². The van der Waals surface area contributed by atoms with Crippen molar-refractivity contribution in [3.8, 4) is 67.2 Å². The number of benzene rings is 7. The van der Waals surface area contributed by atoms with Gasteiger partial charge in [-0.3, -0.25) is 0 Å². The molecule has 0 N–H and O–H groups in total. The van der Waals surface area contributed by atoms with Gasteiger partial charge in [0.1, 0.15) is 11.2 Å². The lowest BCUT2D eigenvalue weighted by atomic mass is 9.80. The van der Waals surface area contributed by atoms with Crippen molar-refractivity contribution in [3.63, 3.8) is 0 Å². The van der Waals surface area contributed by atoms with Gasteiger partial charge in [-0.15, -0.1) is 0 Å². The van der Waals surface area contributed by atoms with Gasteiger partial charge in [0.2, 0.25) is 0 Å². The predicted molar refractivity (Wildman–Crippen MR) is 256 cm³/mol. The fraction of sp³-hybridized carbons (Fsp3) is 0.167. The highest BCUT2D eigenvalue weighted by Gasteiger charge is 2.38. The molecular formula is C60H46O2. The van der Waals surface area contributed by atoms with Crippen molar-refractivity contribution in [2.75, 3.05) is 0 Å². The Morgan fingerprint density at radius 1 is 0.435 bits per heavy atom. The molecule has 62 heavy (non-hydrogen) atoms. The Balaban J connectivity index is 0.876. The van der Waals surface area contributed by atoms with E-state index in [1.54, 1.807) is 0 Å². The minimum absolute atomic E-state index is 0.118. The molecule has 0 bridgehead atoms. The van der Waals surface area contributed by atoms with E-state index in [4.69, 9.17) is 8.83 Å². The van der Waals surface area contributed by atoms with Gasteiger partial charge in [0.25, 0.3) is 0 Å². The summed E-state index contributed by atoms with van der Waals surface area (Å²) in [4.78, 5) is 0. The highest BCUT2D eigenvalue weighted by atomic mass is 16.4. The predicted octanol–water partition coefficient (Wildman–Crippen LogP) is 16.2. The smallest absolute Gasteiger partial charge is 0.174 e. The van der Waals surface area contributed by atoms with Crippen LogP contribution in [0.25, 0.3) is 89.1 Å². The number of furan rings is 2. The van der Waals surface area contributed by atoms with Crippen LogP contribution in [0.3, 0.4) is 0 Å². The highest BCUT2D eigenvalue weighted by molar-refractivity contribution is 6.03. The van der Waals surface area contributed by atoms with Crippen LogP contribution in [0.15, 0.2) is 173 Å². The van der Waals surface area contributed by atoms with Crippen LogP contribution < -0.4 is 0 Å². The molecule has 298 valence electrons. The summed E-state index contributed by atoms with van der Waals surface area (Å²) in [6, 6.07) is 52.2. The van der Waals surface area contributed by atoms with Crippen LogP contribution >= 0.6 is 0 Å². The second kappa shape index (κ2) is 12.8. The average Bonchev–Trinajstić information content (AvgIpc) is 4.02. The molecule has 0 radical (unpaired) electrons. The number of fused-ring (bicyclic) bond motifs is 13. The minimum Gasteiger partial charge on any atom is -0.452 e. The van der Waals surface area contributed by atoms with Gasteiger partial charge in [0.05, 0.1) is 0 Å². The fourth-order valence-electron chi connectivity index (χ4n) is 11.6. The maximum atomic E-state index is 7.05. The SMILES string of the molecule is CC1(C)c2cc(-c3ccccc3)ccc2-c2ccc(-c3cccc4c5c(oc34)-c3oc4c(-c6ccc7c(c6)C(C)(C)c6cc(C8C=CC=CC8)ccc6-7)cccc4c3CC5)cc21. The summed E-state index contributed by atoms with van der Waals surface area (Å²) in [5, 5.41) is 2.36. The van der Waals surface area contributed by atoms with Crippen molar-refractivity contribution < 1.29 is 8.83 Å². The first-order valence-electron chi connectivity index (χ1n) is 22.3. The fourth-order valence-corrected chi connectivity index (χ4v) is 11.6. The van der Waals surface area contributed by atoms with Crippen molar-refractivity contribution in [3.05, 3.63) is 203 Å². The topological polar surface area (TPSA) is 26.3 Å². The van der Waals surface area contributed by atoms with Gasteiger partial charge in [-0.25, -0.2) is 0 Å². The van der Waals surface area contributed by atoms with Gasteiger partial charge in [-0.05, 0) is 110 Å². The van der Waals surface area contributed by atoms with Crippen molar-refractivity contribution in [2.45, 2.75) is 63.7 Å². The van der Waals surface area contributed by atoms with E-state index in [0.29, 0.717) is 5.92 Å². The maximum absolute atomic E-state index is 7.05. The number of allylic oxidation sites excluding steroid dienone is 4. The quantitative estimate of drug-likeness (QED) is 0.177. The molecular weight excluding hydrogens is 753 g/mol. The lowest BCUT2D eigenvalue weighted by molar-refractivity contribution is 0.557. The molecule has 7 aromatic carbocycles. The number of aryl methyl sites for hydroxylation is 2. The number of hydrogen-bond acceptors (Lipinski definition) is 2. The van der Waals surface area contributed by atoms with Crippen LogP contribution in [0.1, 0.15) is 79.0 Å². The van der Waals surface area contributed by atoms with E-state index in [9.17, 15) is 0 Å². The molecule has 0 spiro atoms. The summed E-state index contributed by atoms with van der Waals surface area (Å²) in [7, 11) is 0. The Hall–Kier alpha value is -6.90.